The standard InChI is InChI=1S/C30H29IN4O5S/c1-38-28-16-26-22(15-23(28)27-12-11-21(40-27)17-32-13-14-41(2,36)37)30(34-19-33-26)35-25-10-6-9-24(31)29(25)39-18-20-7-4-3-5-8-20/h3-12,15-16,19,32H,13-14,17-18H2,1-2H3,(H,33,34,35). The number of aromatic nitrogens is 2. The summed E-state index contributed by atoms with van der Waals surface area (Å²) in [5, 5.41) is 7.33. The molecule has 0 saturated carbocycles. The molecule has 0 radical (unpaired) electrons. The summed E-state index contributed by atoms with van der Waals surface area (Å²) in [5.74, 6) is 3.30. The highest BCUT2D eigenvalue weighted by Crippen LogP contribution is 2.38. The van der Waals surface area contributed by atoms with E-state index in [0.717, 1.165) is 31.5 Å². The molecule has 0 bridgehead atoms. The number of hydrogen-bond donors (Lipinski definition) is 2. The molecule has 0 atom stereocenters. The summed E-state index contributed by atoms with van der Waals surface area (Å²) in [6.45, 7) is 1.18. The van der Waals surface area contributed by atoms with Gasteiger partial charge in [0.25, 0.3) is 0 Å². The average Bonchev–Trinajstić information content (AvgIpc) is 3.43. The van der Waals surface area contributed by atoms with Crippen molar-refractivity contribution >= 4 is 54.8 Å². The molecule has 41 heavy (non-hydrogen) atoms. The number of anilines is 2. The van der Waals surface area contributed by atoms with E-state index in [9.17, 15) is 8.42 Å². The molecular weight excluding hydrogens is 655 g/mol. The number of hydrogen-bond acceptors (Lipinski definition) is 9. The average molecular weight is 685 g/mol. The van der Waals surface area contributed by atoms with E-state index in [1.807, 2.05) is 72.8 Å². The van der Waals surface area contributed by atoms with E-state index in [1.54, 1.807) is 7.11 Å². The van der Waals surface area contributed by atoms with Crippen molar-refractivity contribution in [2.45, 2.75) is 13.2 Å². The zero-order chi connectivity index (χ0) is 28.8. The van der Waals surface area contributed by atoms with Gasteiger partial charge in [-0.2, -0.15) is 0 Å². The number of furan rings is 1. The van der Waals surface area contributed by atoms with Gasteiger partial charge in [0.05, 0.1) is 39.7 Å². The number of sulfone groups is 1. The number of nitrogens with one attached hydrogen (secondary N) is 2. The third-order valence-corrected chi connectivity index (χ3v) is 8.07. The van der Waals surface area contributed by atoms with Crippen LogP contribution in [0.4, 0.5) is 11.5 Å². The Morgan fingerprint density at radius 2 is 1.83 bits per heavy atom. The lowest BCUT2D eigenvalue weighted by Gasteiger charge is -2.16. The van der Waals surface area contributed by atoms with Crippen molar-refractivity contribution in [3.05, 3.63) is 94.0 Å². The molecule has 0 aliphatic carbocycles. The molecule has 0 amide bonds. The molecule has 2 N–H and O–H groups in total. The predicted molar refractivity (Wildman–Crippen MR) is 168 cm³/mol. The van der Waals surface area contributed by atoms with Crippen LogP contribution in [0.3, 0.4) is 0 Å². The molecule has 0 unspecified atom stereocenters. The SMILES string of the molecule is COc1cc2ncnc(Nc3cccc(I)c3OCc3ccccc3)c2cc1-c1ccc(CNCCS(C)(=O)=O)o1. The lowest BCUT2D eigenvalue weighted by molar-refractivity contribution is 0.305. The topological polar surface area (TPSA) is 116 Å². The first-order valence-electron chi connectivity index (χ1n) is 12.8. The van der Waals surface area contributed by atoms with E-state index in [-0.39, 0.29) is 5.75 Å². The Morgan fingerprint density at radius 1 is 1.00 bits per heavy atom. The Kier molecular flexibility index (Phi) is 9.06. The van der Waals surface area contributed by atoms with Crippen LogP contribution in [-0.4, -0.2) is 44.0 Å². The van der Waals surface area contributed by atoms with Crippen molar-refractivity contribution in [2.24, 2.45) is 0 Å². The van der Waals surface area contributed by atoms with Crippen LogP contribution in [0.25, 0.3) is 22.2 Å². The minimum absolute atomic E-state index is 0.0638. The first-order chi connectivity index (χ1) is 19.8. The highest BCUT2D eigenvalue weighted by atomic mass is 127. The van der Waals surface area contributed by atoms with Crippen molar-refractivity contribution in [2.75, 3.05) is 31.0 Å². The molecule has 2 aromatic heterocycles. The van der Waals surface area contributed by atoms with Crippen LogP contribution < -0.4 is 20.1 Å². The number of benzene rings is 3. The number of halogens is 1. The van der Waals surface area contributed by atoms with Gasteiger partial charge in [0.2, 0.25) is 0 Å². The highest BCUT2D eigenvalue weighted by molar-refractivity contribution is 14.1. The van der Waals surface area contributed by atoms with E-state index in [2.05, 4.69) is 43.2 Å². The second kappa shape index (κ2) is 12.9. The second-order valence-electron chi connectivity index (χ2n) is 9.38. The fourth-order valence-electron chi connectivity index (χ4n) is 4.24. The zero-order valence-electron chi connectivity index (χ0n) is 22.6. The van der Waals surface area contributed by atoms with Crippen LogP contribution in [0.2, 0.25) is 0 Å². The Morgan fingerprint density at radius 3 is 2.61 bits per heavy atom. The smallest absolute Gasteiger partial charge is 0.156 e. The van der Waals surface area contributed by atoms with E-state index < -0.39 is 9.84 Å². The number of para-hydroxylation sites is 1. The first kappa shape index (κ1) is 28.8. The number of ether oxygens (including phenoxy) is 2. The molecule has 0 saturated heterocycles. The van der Waals surface area contributed by atoms with Gasteiger partial charge in [-0.05, 0) is 58.5 Å². The van der Waals surface area contributed by atoms with Gasteiger partial charge in [-0.3, -0.25) is 0 Å². The summed E-state index contributed by atoms with van der Waals surface area (Å²) in [6, 6.07) is 23.4. The largest absolute Gasteiger partial charge is 0.496 e. The summed E-state index contributed by atoms with van der Waals surface area (Å²) in [4.78, 5) is 9.01. The van der Waals surface area contributed by atoms with Crippen molar-refractivity contribution in [1.82, 2.24) is 15.3 Å². The number of nitrogens with zero attached hydrogens (tertiary/aromatic N) is 2. The fourth-order valence-corrected chi connectivity index (χ4v) is 5.41. The van der Waals surface area contributed by atoms with Gasteiger partial charge in [-0.25, -0.2) is 18.4 Å². The molecule has 0 fully saturated rings. The van der Waals surface area contributed by atoms with Crippen LogP contribution in [0, 0.1) is 3.57 Å². The van der Waals surface area contributed by atoms with Gasteiger partial charge >= 0.3 is 0 Å². The molecule has 0 aliphatic heterocycles. The Hall–Kier alpha value is -3.68. The highest BCUT2D eigenvalue weighted by Gasteiger charge is 2.17. The van der Waals surface area contributed by atoms with Crippen LogP contribution in [0.5, 0.6) is 11.5 Å². The van der Waals surface area contributed by atoms with Crippen molar-refractivity contribution in [3.63, 3.8) is 0 Å². The normalized spacial score (nSPS) is 11.5. The maximum absolute atomic E-state index is 11.4. The Bertz CT molecular complexity index is 1760. The van der Waals surface area contributed by atoms with Gasteiger partial charge in [0.15, 0.2) is 5.75 Å². The molecule has 2 heterocycles. The van der Waals surface area contributed by atoms with Crippen molar-refractivity contribution in [3.8, 4) is 22.8 Å². The number of fused-ring (bicyclic) bond motifs is 1. The Balaban J connectivity index is 1.42. The van der Waals surface area contributed by atoms with Crippen LogP contribution in [-0.2, 0) is 23.0 Å². The van der Waals surface area contributed by atoms with Gasteiger partial charge in [0, 0.05) is 24.3 Å². The maximum atomic E-state index is 11.4. The van der Waals surface area contributed by atoms with E-state index >= 15 is 0 Å². The second-order valence-corrected chi connectivity index (χ2v) is 12.8. The summed E-state index contributed by atoms with van der Waals surface area (Å²) in [5.41, 5.74) is 3.30. The lowest BCUT2D eigenvalue weighted by Crippen LogP contribution is -2.21. The van der Waals surface area contributed by atoms with Gasteiger partial charge < -0.3 is 24.5 Å². The minimum atomic E-state index is -3.03. The zero-order valence-corrected chi connectivity index (χ0v) is 25.5. The molecular formula is C30H29IN4O5S. The number of rotatable bonds is 12. The monoisotopic (exact) mass is 684 g/mol. The summed E-state index contributed by atoms with van der Waals surface area (Å²) < 4.78 is 41.7. The maximum Gasteiger partial charge on any atom is 0.156 e. The fraction of sp³-hybridized carbons (Fsp3) is 0.200. The Labute approximate surface area is 252 Å². The molecule has 5 aromatic rings. The third kappa shape index (κ3) is 7.34. The van der Waals surface area contributed by atoms with Crippen LogP contribution in [0.1, 0.15) is 11.3 Å². The van der Waals surface area contributed by atoms with E-state index in [0.29, 0.717) is 48.3 Å². The molecule has 212 valence electrons. The number of methoxy groups -OCH3 is 1. The van der Waals surface area contributed by atoms with Gasteiger partial charge in [0.1, 0.15) is 45.9 Å². The van der Waals surface area contributed by atoms with Gasteiger partial charge in [-0.15, -0.1) is 0 Å². The lowest BCUT2D eigenvalue weighted by atomic mass is 10.1. The van der Waals surface area contributed by atoms with Crippen molar-refractivity contribution < 1.29 is 22.3 Å². The summed E-state index contributed by atoms with van der Waals surface area (Å²) in [7, 11) is -1.43. The molecule has 11 heteroatoms. The minimum Gasteiger partial charge on any atom is -0.496 e. The predicted octanol–water partition coefficient (Wildman–Crippen LogP) is 5.96. The molecule has 9 nitrogen and oxygen atoms in total. The van der Waals surface area contributed by atoms with E-state index in [1.165, 1.54) is 12.6 Å². The summed E-state index contributed by atoms with van der Waals surface area (Å²) >= 11 is 2.27. The molecule has 3 aromatic carbocycles. The quantitative estimate of drug-likeness (QED) is 0.121. The third-order valence-electron chi connectivity index (χ3n) is 6.28. The first-order valence-corrected chi connectivity index (χ1v) is 16.0. The van der Waals surface area contributed by atoms with Crippen LogP contribution >= 0.6 is 22.6 Å². The molecule has 0 aliphatic rings. The molecule has 5 rings (SSSR count). The van der Waals surface area contributed by atoms with E-state index in [4.69, 9.17) is 13.9 Å². The summed E-state index contributed by atoms with van der Waals surface area (Å²) in [6.07, 6.45) is 2.73. The molecule has 0 spiro atoms. The van der Waals surface area contributed by atoms with Gasteiger partial charge in [-0.1, -0.05) is 36.4 Å². The van der Waals surface area contributed by atoms with Crippen molar-refractivity contribution in [1.29, 1.82) is 0 Å². The van der Waals surface area contributed by atoms with Crippen LogP contribution in [0.15, 0.2) is 83.5 Å².